The molecular weight excluding hydrogens is 190 g/mol. The average molecular weight is 213 g/mol. The van der Waals surface area contributed by atoms with E-state index in [9.17, 15) is 4.79 Å². The van der Waals surface area contributed by atoms with Gasteiger partial charge in [0, 0.05) is 6.04 Å². The van der Waals surface area contributed by atoms with Crippen molar-refractivity contribution >= 4 is 5.97 Å². The van der Waals surface area contributed by atoms with Crippen LogP contribution in [0, 0.1) is 5.92 Å². The predicted octanol–water partition coefficient (Wildman–Crippen LogP) is 2.36. The Bertz CT molecular complexity index is 216. The lowest BCUT2D eigenvalue weighted by atomic mass is 9.96. The summed E-state index contributed by atoms with van der Waals surface area (Å²) in [6.07, 6.45) is 4.11. The van der Waals surface area contributed by atoms with Crippen molar-refractivity contribution in [2.45, 2.75) is 58.5 Å². The summed E-state index contributed by atoms with van der Waals surface area (Å²) in [6.45, 7) is 7.48. The molecule has 0 aromatic carbocycles. The maximum absolute atomic E-state index is 11.1. The largest absolute Gasteiger partial charge is 0.480 e. The quantitative estimate of drug-likeness (QED) is 0.779. The van der Waals surface area contributed by atoms with Crippen molar-refractivity contribution in [3.63, 3.8) is 0 Å². The zero-order valence-electron chi connectivity index (χ0n) is 10.1. The van der Waals surface area contributed by atoms with Crippen molar-refractivity contribution in [2.24, 2.45) is 5.92 Å². The number of aliphatic carboxylic acids is 1. The normalized spacial score (nSPS) is 25.5. The van der Waals surface area contributed by atoms with Gasteiger partial charge in [-0.1, -0.05) is 20.3 Å². The van der Waals surface area contributed by atoms with Gasteiger partial charge in [-0.15, -0.1) is 0 Å². The summed E-state index contributed by atoms with van der Waals surface area (Å²) in [4.78, 5) is 13.3. The summed E-state index contributed by atoms with van der Waals surface area (Å²) in [5.41, 5.74) is 0. The van der Waals surface area contributed by atoms with Gasteiger partial charge < -0.3 is 5.11 Å². The minimum Gasteiger partial charge on any atom is -0.480 e. The molecule has 0 saturated carbocycles. The molecule has 3 nitrogen and oxygen atoms in total. The molecule has 0 aromatic rings. The zero-order valence-corrected chi connectivity index (χ0v) is 10.1. The van der Waals surface area contributed by atoms with E-state index in [-0.39, 0.29) is 6.04 Å². The molecule has 1 N–H and O–H groups in total. The third-order valence-electron chi connectivity index (χ3n) is 3.21. The fourth-order valence-electron chi connectivity index (χ4n) is 2.56. The molecule has 15 heavy (non-hydrogen) atoms. The molecule has 0 radical (unpaired) electrons. The minimum absolute atomic E-state index is 0.243. The molecule has 1 heterocycles. The number of hydrogen-bond acceptors (Lipinski definition) is 2. The fraction of sp³-hybridized carbons (Fsp3) is 0.917. The van der Waals surface area contributed by atoms with Crippen LogP contribution in [0.5, 0.6) is 0 Å². The van der Waals surface area contributed by atoms with E-state index in [1.807, 2.05) is 0 Å². The van der Waals surface area contributed by atoms with Gasteiger partial charge in [-0.3, -0.25) is 9.69 Å². The highest BCUT2D eigenvalue weighted by Gasteiger charge is 2.31. The van der Waals surface area contributed by atoms with Crippen LogP contribution in [0.25, 0.3) is 0 Å². The van der Waals surface area contributed by atoms with Crippen molar-refractivity contribution in [2.75, 3.05) is 6.54 Å². The molecule has 2 unspecified atom stereocenters. The molecule has 0 bridgehead atoms. The first kappa shape index (κ1) is 12.5. The third-order valence-corrected chi connectivity index (χ3v) is 3.21. The number of rotatable bonds is 4. The zero-order chi connectivity index (χ0) is 11.4. The van der Waals surface area contributed by atoms with Gasteiger partial charge in [0.2, 0.25) is 0 Å². The SMILES string of the molecule is CC(C)CC(C)N1CCCCC1C(=O)O. The van der Waals surface area contributed by atoms with Crippen LogP contribution in [-0.4, -0.2) is 34.6 Å². The van der Waals surface area contributed by atoms with Gasteiger partial charge in [0.1, 0.15) is 6.04 Å². The number of carboxylic acid groups (broad SMARTS) is 1. The van der Waals surface area contributed by atoms with E-state index >= 15 is 0 Å². The Morgan fingerprint density at radius 3 is 2.60 bits per heavy atom. The van der Waals surface area contributed by atoms with E-state index in [2.05, 4.69) is 25.7 Å². The first-order chi connectivity index (χ1) is 7.02. The number of carbonyl (C=O) groups is 1. The van der Waals surface area contributed by atoms with E-state index < -0.39 is 5.97 Å². The summed E-state index contributed by atoms with van der Waals surface area (Å²) >= 11 is 0. The number of hydrogen-bond donors (Lipinski definition) is 1. The monoisotopic (exact) mass is 213 g/mol. The Kier molecular flexibility index (Phi) is 4.58. The van der Waals surface area contributed by atoms with Crippen LogP contribution < -0.4 is 0 Å². The first-order valence-electron chi connectivity index (χ1n) is 6.01. The van der Waals surface area contributed by atoms with Crippen LogP contribution in [0.15, 0.2) is 0 Å². The summed E-state index contributed by atoms with van der Waals surface area (Å²) in [7, 11) is 0. The van der Waals surface area contributed by atoms with Crippen LogP contribution in [0.3, 0.4) is 0 Å². The van der Waals surface area contributed by atoms with Crippen molar-refractivity contribution in [1.29, 1.82) is 0 Å². The van der Waals surface area contributed by atoms with Gasteiger partial charge >= 0.3 is 5.97 Å². The maximum atomic E-state index is 11.1. The number of likely N-dealkylation sites (tertiary alicyclic amines) is 1. The summed E-state index contributed by atoms with van der Waals surface area (Å²) in [6, 6.07) is 0.152. The van der Waals surface area contributed by atoms with Crippen molar-refractivity contribution in [3.8, 4) is 0 Å². The van der Waals surface area contributed by atoms with Gasteiger partial charge in [-0.25, -0.2) is 0 Å². The third kappa shape index (κ3) is 3.49. The first-order valence-corrected chi connectivity index (χ1v) is 6.01. The van der Waals surface area contributed by atoms with Gasteiger partial charge in [0.15, 0.2) is 0 Å². The van der Waals surface area contributed by atoms with E-state index in [0.717, 1.165) is 32.2 Å². The van der Waals surface area contributed by atoms with Crippen LogP contribution in [0.1, 0.15) is 46.5 Å². The Morgan fingerprint density at radius 2 is 2.07 bits per heavy atom. The fourth-order valence-corrected chi connectivity index (χ4v) is 2.56. The number of carboxylic acids is 1. The molecule has 2 atom stereocenters. The topological polar surface area (TPSA) is 40.5 Å². The molecule has 1 rings (SSSR count). The van der Waals surface area contributed by atoms with E-state index in [1.165, 1.54) is 0 Å². The van der Waals surface area contributed by atoms with E-state index in [0.29, 0.717) is 12.0 Å². The predicted molar refractivity (Wildman–Crippen MR) is 60.9 cm³/mol. The molecule has 88 valence electrons. The van der Waals surface area contributed by atoms with Crippen LogP contribution in [0.2, 0.25) is 0 Å². The van der Waals surface area contributed by atoms with Gasteiger partial charge in [-0.05, 0) is 38.6 Å². The smallest absolute Gasteiger partial charge is 0.320 e. The van der Waals surface area contributed by atoms with Crippen molar-refractivity contribution < 1.29 is 9.90 Å². The van der Waals surface area contributed by atoms with Crippen LogP contribution in [0.4, 0.5) is 0 Å². The summed E-state index contributed by atoms with van der Waals surface area (Å²) in [5, 5.41) is 9.15. The van der Waals surface area contributed by atoms with Crippen molar-refractivity contribution in [1.82, 2.24) is 4.90 Å². The molecule has 1 fully saturated rings. The van der Waals surface area contributed by atoms with Crippen LogP contribution >= 0.6 is 0 Å². The minimum atomic E-state index is -0.648. The highest BCUT2D eigenvalue weighted by molar-refractivity contribution is 5.73. The molecule has 0 aliphatic carbocycles. The molecule has 3 heteroatoms. The Hall–Kier alpha value is -0.570. The maximum Gasteiger partial charge on any atom is 0.320 e. The Balaban J connectivity index is 2.59. The van der Waals surface area contributed by atoms with E-state index in [4.69, 9.17) is 5.11 Å². The highest BCUT2D eigenvalue weighted by atomic mass is 16.4. The second kappa shape index (κ2) is 5.50. The Morgan fingerprint density at radius 1 is 1.40 bits per heavy atom. The molecule has 0 amide bonds. The lowest BCUT2D eigenvalue weighted by Gasteiger charge is -2.38. The Labute approximate surface area is 92.5 Å². The molecule has 0 aromatic heterocycles. The van der Waals surface area contributed by atoms with Crippen LogP contribution in [-0.2, 0) is 4.79 Å². The summed E-state index contributed by atoms with van der Waals surface area (Å²) < 4.78 is 0. The van der Waals surface area contributed by atoms with Crippen molar-refractivity contribution in [3.05, 3.63) is 0 Å². The molecule has 1 aliphatic heterocycles. The molecular formula is C12H23NO2. The van der Waals surface area contributed by atoms with Gasteiger partial charge in [0.25, 0.3) is 0 Å². The highest BCUT2D eigenvalue weighted by Crippen LogP contribution is 2.22. The second-order valence-corrected chi connectivity index (χ2v) is 5.07. The molecule has 1 saturated heterocycles. The average Bonchev–Trinajstić information content (AvgIpc) is 2.16. The standard InChI is InChI=1S/C12H23NO2/c1-9(2)8-10(3)13-7-5-4-6-11(13)12(14)15/h9-11H,4-8H2,1-3H3,(H,14,15). The lowest BCUT2D eigenvalue weighted by Crippen LogP contribution is -2.49. The lowest BCUT2D eigenvalue weighted by molar-refractivity contribution is -0.145. The number of nitrogens with zero attached hydrogens (tertiary/aromatic N) is 1. The van der Waals surface area contributed by atoms with E-state index in [1.54, 1.807) is 0 Å². The van der Waals surface area contributed by atoms with Gasteiger partial charge in [0.05, 0.1) is 0 Å². The second-order valence-electron chi connectivity index (χ2n) is 5.07. The summed E-state index contributed by atoms with van der Waals surface area (Å²) in [5.74, 6) is -0.0123. The molecule has 1 aliphatic rings. The number of piperidine rings is 1. The van der Waals surface area contributed by atoms with Gasteiger partial charge in [-0.2, -0.15) is 0 Å². The molecule has 0 spiro atoms.